The predicted octanol–water partition coefficient (Wildman–Crippen LogP) is -0.476. The smallest absolute Gasteiger partial charge is 0.289 e. The summed E-state index contributed by atoms with van der Waals surface area (Å²) in [5.41, 5.74) is 0. The van der Waals surface area contributed by atoms with Gasteiger partial charge in [0, 0.05) is 6.61 Å². The molecule has 0 bridgehead atoms. The molecule has 1 N–H and O–H groups in total. The van der Waals surface area contributed by atoms with Crippen molar-refractivity contribution in [2.24, 2.45) is 0 Å². The van der Waals surface area contributed by atoms with Crippen molar-refractivity contribution in [1.82, 2.24) is 0 Å². The Balaban J connectivity index is 3.64. The lowest BCUT2D eigenvalue weighted by Crippen LogP contribution is -2.24. The molecule has 0 aliphatic rings. The van der Waals surface area contributed by atoms with Gasteiger partial charge in [-0.15, -0.1) is 0 Å². The highest BCUT2D eigenvalue weighted by atomic mass is 16.5. The number of carbonyl (C=O) groups is 1. The fourth-order valence-electron chi connectivity index (χ4n) is 0.398. The third-order valence-electron chi connectivity index (χ3n) is 0.958. The predicted molar refractivity (Wildman–Crippen MR) is 32.2 cm³/mol. The Morgan fingerprint density at radius 3 is 2.56 bits per heavy atom. The Kier molecular flexibility index (Phi) is 4.00. The third-order valence-corrected chi connectivity index (χ3v) is 0.958. The van der Waals surface area contributed by atoms with E-state index < -0.39 is 12.0 Å². The largest absolute Gasteiger partial charge is 0.651 e. The van der Waals surface area contributed by atoms with Crippen LogP contribution in [0.25, 0.3) is 5.32 Å². The molecular formula is C5H10NO3-. The fraction of sp³-hybridized carbons (Fsp3) is 0.800. The fourth-order valence-corrected chi connectivity index (χ4v) is 0.398. The molecule has 0 radical (unpaired) electrons. The Morgan fingerprint density at radius 2 is 2.44 bits per heavy atom. The van der Waals surface area contributed by atoms with Crippen LogP contribution in [0.15, 0.2) is 0 Å². The molecule has 0 aromatic carbocycles. The summed E-state index contributed by atoms with van der Waals surface area (Å²) < 4.78 is 4.30. The first kappa shape index (κ1) is 8.39. The van der Waals surface area contributed by atoms with Gasteiger partial charge in [-0.05, 0) is 6.04 Å². The second kappa shape index (κ2) is 4.29. The van der Waals surface area contributed by atoms with Gasteiger partial charge in [-0.2, -0.15) is 7.05 Å². The summed E-state index contributed by atoms with van der Waals surface area (Å²) >= 11 is 0. The molecule has 0 heterocycles. The highest BCUT2D eigenvalue weighted by Gasteiger charge is 2.04. The molecule has 0 saturated heterocycles. The highest BCUT2D eigenvalue weighted by Crippen LogP contribution is 1.96. The van der Waals surface area contributed by atoms with Crippen LogP contribution in [-0.2, 0) is 9.53 Å². The second-order valence-electron chi connectivity index (χ2n) is 1.48. The van der Waals surface area contributed by atoms with Crippen LogP contribution in [0, 0.1) is 0 Å². The van der Waals surface area contributed by atoms with Gasteiger partial charge in [-0.1, -0.05) is 0 Å². The van der Waals surface area contributed by atoms with E-state index in [1.807, 2.05) is 0 Å². The monoisotopic (exact) mass is 132 g/mol. The van der Waals surface area contributed by atoms with E-state index in [1.54, 1.807) is 0 Å². The summed E-state index contributed by atoms with van der Waals surface area (Å²) in [6.45, 7) is -0.289. The molecule has 4 heteroatoms. The molecule has 0 spiro atoms. The molecule has 0 unspecified atom stereocenters. The van der Waals surface area contributed by atoms with Gasteiger partial charge < -0.3 is 15.2 Å². The van der Waals surface area contributed by atoms with Crippen LogP contribution in [-0.4, -0.2) is 37.9 Å². The Morgan fingerprint density at radius 1 is 1.89 bits per heavy atom. The van der Waals surface area contributed by atoms with Gasteiger partial charge in [-0.3, -0.25) is 4.79 Å². The number of nitrogens with zero attached hydrogens (tertiary/aromatic N) is 1. The molecule has 0 rings (SSSR count). The number of likely N-dealkylation sites (N-methyl/N-ethyl adjacent to an activating group) is 1. The molecule has 1 atom stereocenters. The maximum absolute atomic E-state index is 10.5. The third kappa shape index (κ3) is 2.43. The number of ether oxygens (including phenoxy) is 1. The molecule has 0 aliphatic heterocycles. The SMILES string of the molecule is C[N-][C@@H](CO)C(=O)OC. The maximum Gasteiger partial charge on any atom is 0.289 e. The normalized spacial score (nSPS) is 12.8. The first-order valence-corrected chi connectivity index (χ1v) is 2.54. The molecule has 0 fully saturated rings. The van der Waals surface area contributed by atoms with E-state index >= 15 is 0 Å². The van der Waals surface area contributed by atoms with Crippen LogP contribution in [0.4, 0.5) is 0 Å². The van der Waals surface area contributed by atoms with Gasteiger partial charge in [0.2, 0.25) is 0 Å². The van der Waals surface area contributed by atoms with Crippen LogP contribution < -0.4 is 0 Å². The lowest BCUT2D eigenvalue weighted by molar-refractivity contribution is -0.142. The Hall–Kier alpha value is -0.610. The number of hydrogen-bond acceptors (Lipinski definition) is 3. The van der Waals surface area contributed by atoms with Crippen LogP contribution in [0.2, 0.25) is 0 Å². The first-order chi connectivity index (χ1) is 4.26. The molecule has 54 valence electrons. The lowest BCUT2D eigenvalue weighted by Gasteiger charge is -2.21. The van der Waals surface area contributed by atoms with E-state index in [0.29, 0.717) is 0 Å². The molecule has 0 saturated carbocycles. The van der Waals surface area contributed by atoms with Crippen LogP contribution >= 0.6 is 0 Å². The Labute approximate surface area is 53.8 Å². The van der Waals surface area contributed by atoms with E-state index in [9.17, 15) is 4.79 Å². The molecule has 0 aliphatic carbocycles. The summed E-state index contributed by atoms with van der Waals surface area (Å²) in [4.78, 5) is 10.5. The Bertz CT molecular complexity index is 90.2. The minimum absolute atomic E-state index is 0.289. The van der Waals surface area contributed by atoms with Gasteiger partial charge in [0.05, 0.1) is 7.11 Å². The van der Waals surface area contributed by atoms with Gasteiger partial charge in [-0.25, -0.2) is 0 Å². The molecule has 0 aromatic heterocycles. The van der Waals surface area contributed by atoms with Gasteiger partial charge >= 0.3 is 0 Å². The molecule has 9 heavy (non-hydrogen) atoms. The van der Waals surface area contributed by atoms with Crippen LogP contribution in [0.3, 0.4) is 0 Å². The molecule has 0 aromatic rings. The topological polar surface area (TPSA) is 60.6 Å². The van der Waals surface area contributed by atoms with Crippen molar-refractivity contribution in [3.8, 4) is 0 Å². The number of rotatable bonds is 3. The number of esters is 1. The minimum atomic E-state index is -0.713. The van der Waals surface area contributed by atoms with Gasteiger partial charge in [0.25, 0.3) is 5.97 Å². The van der Waals surface area contributed by atoms with Gasteiger partial charge in [0.15, 0.2) is 0 Å². The first-order valence-electron chi connectivity index (χ1n) is 2.54. The summed E-state index contributed by atoms with van der Waals surface area (Å²) in [6, 6.07) is -0.713. The van der Waals surface area contributed by atoms with Crippen molar-refractivity contribution >= 4 is 5.97 Å². The zero-order valence-electron chi connectivity index (χ0n) is 5.50. The van der Waals surface area contributed by atoms with Crippen molar-refractivity contribution in [2.75, 3.05) is 20.8 Å². The van der Waals surface area contributed by atoms with Gasteiger partial charge in [0.1, 0.15) is 0 Å². The standard InChI is InChI=1S/C5H10NO3/c1-6-4(3-7)5(8)9-2/h4,7H,3H2,1-2H3/q-1/t4-/m0/s1. The number of methoxy groups -OCH3 is 1. The van der Waals surface area contributed by atoms with Crippen molar-refractivity contribution in [3.05, 3.63) is 5.32 Å². The summed E-state index contributed by atoms with van der Waals surface area (Å²) in [7, 11) is 2.72. The van der Waals surface area contributed by atoms with Crippen molar-refractivity contribution in [2.45, 2.75) is 6.04 Å². The number of aliphatic hydroxyl groups is 1. The number of aliphatic hydroxyl groups excluding tert-OH is 1. The summed E-state index contributed by atoms with van der Waals surface area (Å²) in [5, 5.41) is 12.0. The van der Waals surface area contributed by atoms with Crippen molar-refractivity contribution in [3.63, 3.8) is 0 Å². The number of carbonyl (C=O) groups excluding carboxylic acids is 1. The van der Waals surface area contributed by atoms with Crippen LogP contribution in [0.5, 0.6) is 0 Å². The van der Waals surface area contributed by atoms with Crippen molar-refractivity contribution in [1.29, 1.82) is 0 Å². The van der Waals surface area contributed by atoms with E-state index in [1.165, 1.54) is 14.2 Å². The minimum Gasteiger partial charge on any atom is -0.651 e. The average molecular weight is 132 g/mol. The molecule has 0 amide bonds. The summed E-state index contributed by atoms with van der Waals surface area (Å²) in [5.74, 6) is -0.500. The van der Waals surface area contributed by atoms with E-state index in [0.717, 1.165) is 0 Å². The average Bonchev–Trinajstić information content (AvgIpc) is 1.90. The van der Waals surface area contributed by atoms with E-state index in [-0.39, 0.29) is 6.61 Å². The summed E-state index contributed by atoms with van der Waals surface area (Å²) in [6.07, 6.45) is 0. The van der Waals surface area contributed by atoms with E-state index in [2.05, 4.69) is 10.1 Å². The van der Waals surface area contributed by atoms with Crippen molar-refractivity contribution < 1.29 is 14.6 Å². The second-order valence-corrected chi connectivity index (χ2v) is 1.48. The maximum atomic E-state index is 10.5. The quantitative estimate of drug-likeness (QED) is 0.528. The molecular weight excluding hydrogens is 122 g/mol. The van der Waals surface area contributed by atoms with Crippen LogP contribution in [0.1, 0.15) is 0 Å². The zero-order chi connectivity index (χ0) is 7.28. The lowest BCUT2D eigenvalue weighted by atomic mass is 10.3. The number of hydrogen-bond donors (Lipinski definition) is 1. The zero-order valence-corrected chi connectivity index (χ0v) is 5.50. The molecule has 4 nitrogen and oxygen atoms in total. The highest BCUT2D eigenvalue weighted by molar-refractivity contribution is 5.78. The van der Waals surface area contributed by atoms with E-state index in [4.69, 9.17) is 5.11 Å².